The first-order valence-corrected chi connectivity index (χ1v) is 7.84. The fraction of sp³-hybridized carbons (Fsp3) is 0.769. The Bertz CT molecular complexity index is 421. The van der Waals surface area contributed by atoms with Gasteiger partial charge >= 0.3 is 0 Å². The molecule has 0 saturated carbocycles. The van der Waals surface area contributed by atoms with Gasteiger partial charge in [-0.1, -0.05) is 17.8 Å². The second kappa shape index (κ2) is 6.84. The fourth-order valence-electron chi connectivity index (χ4n) is 2.46. The van der Waals surface area contributed by atoms with Gasteiger partial charge in [-0.25, -0.2) is 0 Å². The predicted molar refractivity (Wildman–Crippen MR) is 77.1 cm³/mol. The number of carbonyl (C=O) groups is 1. The number of nitrogens with zero attached hydrogens (tertiary/aromatic N) is 3. The lowest BCUT2D eigenvalue weighted by atomic mass is 9.98. The third-order valence-electron chi connectivity index (χ3n) is 3.74. The number of likely N-dealkylation sites (tertiary alicyclic amines) is 1. The van der Waals surface area contributed by atoms with Gasteiger partial charge in [-0.3, -0.25) is 4.79 Å². The summed E-state index contributed by atoms with van der Waals surface area (Å²) >= 11 is 1.36. The van der Waals surface area contributed by atoms with Crippen LogP contribution >= 0.6 is 11.5 Å². The van der Waals surface area contributed by atoms with Crippen molar-refractivity contribution in [3.05, 3.63) is 5.69 Å². The van der Waals surface area contributed by atoms with Crippen LogP contribution in [0.1, 0.15) is 45.2 Å². The molecule has 2 rings (SSSR count). The van der Waals surface area contributed by atoms with Gasteiger partial charge in [0.05, 0.1) is 6.54 Å². The number of nitrogens with one attached hydrogen (secondary N) is 1. The minimum absolute atomic E-state index is 0.256. The number of hydrogen-bond donors (Lipinski definition) is 1. The molecule has 1 fully saturated rings. The van der Waals surface area contributed by atoms with E-state index in [4.69, 9.17) is 0 Å². The van der Waals surface area contributed by atoms with Crippen molar-refractivity contribution in [2.24, 2.45) is 5.92 Å². The van der Waals surface area contributed by atoms with E-state index in [1.165, 1.54) is 18.0 Å². The zero-order valence-corrected chi connectivity index (χ0v) is 12.5. The molecule has 1 aromatic heterocycles. The lowest BCUT2D eigenvalue weighted by Gasteiger charge is -2.20. The first-order valence-electron chi connectivity index (χ1n) is 7.07. The quantitative estimate of drug-likeness (QED) is 0.901. The summed E-state index contributed by atoms with van der Waals surface area (Å²) in [6.45, 7) is 6.54. The third kappa shape index (κ3) is 3.65. The van der Waals surface area contributed by atoms with Crippen LogP contribution in [0.15, 0.2) is 0 Å². The van der Waals surface area contributed by atoms with Gasteiger partial charge in [-0.2, -0.15) is 0 Å². The molecule has 19 heavy (non-hydrogen) atoms. The number of amides is 1. The van der Waals surface area contributed by atoms with Crippen molar-refractivity contribution in [3.8, 4) is 0 Å². The van der Waals surface area contributed by atoms with Crippen molar-refractivity contribution in [2.75, 3.05) is 18.4 Å². The molecule has 0 aliphatic carbocycles. The van der Waals surface area contributed by atoms with E-state index in [-0.39, 0.29) is 5.91 Å². The summed E-state index contributed by atoms with van der Waals surface area (Å²) < 4.78 is 3.98. The van der Waals surface area contributed by atoms with Crippen LogP contribution in [0.5, 0.6) is 0 Å². The van der Waals surface area contributed by atoms with Crippen LogP contribution in [0, 0.1) is 5.92 Å². The number of anilines is 1. The van der Waals surface area contributed by atoms with Crippen LogP contribution in [-0.2, 0) is 11.3 Å². The summed E-state index contributed by atoms with van der Waals surface area (Å²) in [5, 5.41) is 8.39. The van der Waals surface area contributed by atoms with Gasteiger partial charge in [0.2, 0.25) is 5.91 Å². The van der Waals surface area contributed by atoms with Crippen LogP contribution < -0.4 is 5.32 Å². The second-order valence-electron chi connectivity index (χ2n) is 5.00. The summed E-state index contributed by atoms with van der Waals surface area (Å²) in [4.78, 5) is 14.1. The monoisotopic (exact) mass is 282 g/mol. The number of aromatic nitrogens is 2. The van der Waals surface area contributed by atoms with E-state index in [9.17, 15) is 4.79 Å². The van der Waals surface area contributed by atoms with Crippen molar-refractivity contribution in [1.82, 2.24) is 14.5 Å². The molecule has 106 valence electrons. The Morgan fingerprint density at radius 1 is 1.42 bits per heavy atom. The molecule has 1 amide bonds. The number of rotatable bonds is 5. The normalized spacial score (nSPS) is 20.4. The van der Waals surface area contributed by atoms with Crippen LogP contribution in [0.4, 0.5) is 5.00 Å². The summed E-state index contributed by atoms with van der Waals surface area (Å²) in [6.07, 6.45) is 3.98. The minimum atomic E-state index is 0.256. The van der Waals surface area contributed by atoms with Gasteiger partial charge in [0.15, 0.2) is 0 Å². The van der Waals surface area contributed by atoms with Crippen molar-refractivity contribution < 1.29 is 4.79 Å². The first-order chi connectivity index (χ1) is 9.24. The second-order valence-corrected chi connectivity index (χ2v) is 5.75. The van der Waals surface area contributed by atoms with E-state index in [0.29, 0.717) is 18.9 Å². The van der Waals surface area contributed by atoms with Gasteiger partial charge < -0.3 is 10.2 Å². The Balaban J connectivity index is 2.00. The molecule has 1 unspecified atom stereocenters. The van der Waals surface area contributed by atoms with Gasteiger partial charge in [-0.05, 0) is 25.7 Å². The summed E-state index contributed by atoms with van der Waals surface area (Å²) in [5.41, 5.74) is 0.898. The van der Waals surface area contributed by atoms with Crippen LogP contribution in [-0.4, -0.2) is 33.5 Å². The fourth-order valence-corrected chi connectivity index (χ4v) is 3.10. The third-order valence-corrected chi connectivity index (χ3v) is 4.46. The molecule has 1 N–H and O–H groups in total. The smallest absolute Gasteiger partial charge is 0.222 e. The zero-order chi connectivity index (χ0) is 13.7. The van der Waals surface area contributed by atoms with E-state index in [2.05, 4.69) is 21.8 Å². The van der Waals surface area contributed by atoms with E-state index in [1.54, 1.807) is 0 Å². The molecule has 1 atom stereocenters. The molecule has 0 radical (unpaired) electrons. The highest BCUT2D eigenvalue weighted by atomic mass is 32.1. The molecular weight excluding hydrogens is 260 g/mol. The van der Waals surface area contributed by atoms with Gasteiger partial charge in [-0.15, -0.1) is 5.10 Å². The van der Waals surface area contributed by atoms with E-state index >= 15 is 0 Å². The van der Waals surface area contributed by atoms with Crippen molar-refractivity contribution in [2.45, 2.75) is 46.1 Å². The average Bonchev–Trinajstić information content (AvgIpc) is 2.76. The van der Waals surface area contributed by atoms with Gasteiger partial charge in [0.1, 0.15) is 10.7 Å². The topological polar surface area (TPSA) is 58.1 Å². The molecule has 0 aromatic carbocycles. The van der Waals surface area contributed by atoms with Crippen LogP contribution in [0.2, 0.25) is 0 Å². The van der Waals surface area contributed by atoms with Gasteiger partial charge in [0, 0.05) is 31.0 Å². The maximum atomic E-state index is 12.1. The number of carbonyl (C=O) groups excluding carboxylic acids is 1. The Morgan fingerprint density at radius 2 is 2.26 bits per heavy atom. The molecule has 5 nitrogen and oxygen atoms in total. The Kier molecular flexibility index (Phi) is 5.13. The van der Waals surface area contributed by atoms with E-state index in [1.807, 2.05) is 11.8 Å². The van der Waals surface area contributed by atoms with Crippen molar-refractivity contribution >= 4 is 22.4 Å². The Morgan fingerprint density at radius 3 is 3.00 bits per heavy atom. The maximum Gasteiger partial charge on any atom is 0.222 e. The standard InChI is InChI=1S/C13H22N4OS/c1-3-10-5-6-12(18)17(8-7-10)9-11-13(14-4-2)19-16-15-11/h10,14H,3-9H2,1-2H3. The summed E-state index contributed by atoms with van der Waals surface area (Å²) in [7, 11) is 0. The SMILES string of the molecule is CCNc1snnc1CN1CCC(CC)CCC1=O. The Hall–Kier alpha value is -1.17. The first kappa shape index (κ1) is 14.2. The van der Waals surface area contributed by atoms with E-state index in [0.717, 1.165) is 36.6 Å². The largest absolute Gasteiger partial charge is 0.374 e. The number of hydrogen-bond acceptors (Lipinski definition) is 5. The lowest BCUT2D eigenvalue weighted by Crippen LogP contribution is -2.30. The van der Waals surface area contributed by atoms with Crippen LogP contribution in [0.25, 0.3) is 0 Å². The summed E-state index contributed by atoms with van der Waals surface area (Å²) in [5.74, 6) is 0.946. The molecule has 1 aliphatic heterocycles. The van der Waals surface area contributed by atoms with E-state index < -0.39 is 0 Å². The molecule has 1 aliphatic rings. The Labute approximate surface area is 118 Å². The lowest BCUT2D eigenvalue weighted by molar-refractivity contribution is -0.131. The highest BCUT2D eigenvalue weighted by Crippen LogP contribution is 2.24. The average molecular weight is 282 g/mol. The minimum Gasteiger partial charge on any atom is -0.374 e. The highest BCUT2D eigenvalue weighted by molar-refractivity contribution is 7.10. The summed E-state index contributed by atoms with van der Waals surface area (Å²) in [6, 6.07) is 0. The van der Waals surface area contributed by atoms with Crippen molar-refractivity contribution in [1.29, 1.82) is 0 Å². The molecule has 1 saturated heterocycles. The molecule has 2 heterocycles. The molecule has 1 aromatic rings. The van der Waals surface area contributed by atoms with Gasteiger partial charge in [0.25, 0.3) is 0 Å². The molecule has 0 spiro atoms. The zero-order valence-electron chi connectivity index (χ0n) is 11.7. The molecule has 0 bridgehead atoms. The highest BCUT2D eigenvalue weighted by Gasteiger charge is 2.23. The van der Waals surface area contributed by atoms with Crippen molar-refractivity contribution in [3.63, 3.8) is 0 Å². The van der Waals surface area contributed by atoms with Crippen LogP contribution in [0.3, 0.4) is 0 Å². The molecular formula is C13H22N4OS. The maximum absolute atomic E-state index is 12.1. The molecule has 6 heteroatoms. The predicted octanol–water partition coefficient (Wildman–Crippen LogP) is 2.51.